The molecule has 0 N–H and O–H groups in total. The molecule has 10 heteroatoms. The standard InChI is InChI=1S/C21H16N4O4S2/c1-13-3-4-14(2)23(13)24-20(26)18(31-21(24)30)11-15-5-8-17(9-6-15)29-19-10-7-16(12-22-19)25(27)28/h3-12H,1-2H3/b18-11-. The molecule has 1 aliphatic rings. The van der Waals surface area contributed by atoms with Crippen LogP contribution < -0.4 is 9.75 Å². The van der Waals surface area contributed by atoms with Crippen molar-refractivity contribution in [2.24, 2.45) is 0 Å². The van der Waals surface area contributed by atoms with Gasteiger partial charge < -0.3 is 4.74 Å². The van der Waals surface area contributed by atoms with Crippen LogP contribution in [0.15, 0.2) is 59.6 Å². The van der Waals surface area contributed by atoms with Crippen molar-refractivity contribution in [2.45, 2.75) is 13.8 Å². The van der Waals surface area contributed by atoms with Gasteiger partial charge in [0.2, 0.25) is 5.88 Å². The molecule has 1 amide bonds. The SMILES string of the molecule is Cc1ccc(C)n1N1C(=O)/C(=C/c2ccc(Oc3ccc([N+](=O)[O-])cn3)cc2)SC1=S. The van der Waals surface area contributed by atoms with E-state index in [9.17, 15) is 14.9 Å². The van der Waals surface area contributed by atoms with Crippen molar-refractivity contribution in [2.75, 3.05) is 5.01 Å². The van der Waals surface area contributed by atoms with E-state index in [0.717, 1.165) is 23.1 Å². The first kappa shape index (κ1) is 20.8. The highest BCUT2D eigenvalue weighted by molar-refractivity contribution is 8.27. The van der Waals surface area contributed by atoms with E-state index >= 15 is 0 Å². The van der Waals surface area contributed by atoms with Gasteiger partial charge in [-0.2, -0.15) is 5.01 Å². The van der Waals surface area contributed by atoms with Crippen LogP contribution >= 0.6 is 24.0 Å². The number of ether oxygens (including phenoxy) is 1. The summed E-state index contributed by atoms with van der Waals surface area (Å²) in [4.78, 5) is 27.6. The van der Waals surface area contributed by atoms with E-state index in [1.807, 2.05) is 30.7 Å². The van der Waals surface area contributed by atoms with Gasteiger partial charge in [0.15, 0.2) is 4.32 Å². The molecule has 1 aromatic carbocycles. The van der Waals surface area contributed by atoms with Crippen LogP contribution in [-0.4, -0.2) is 24.8 Å². The van der Waals surface area contributed by atoms with Gasteiger partial charge in [0, 0.05) is 23.5 Å². The number of rotatable bonds is 5. The second kappa shape index (κ2) is 8.32. The number of hydrogen-bond acceptors (Lipinski definition) is 7. The molecule has 4 rings (SSSR count). The molecule has 0 unspecified atom stereocenters. The molecule has 31 heavy (non-hydrogen) atoms. The molecule has 0 aliphatic carbocycles. The summed E-state index contributed by atoms with van der Waals surface area (Å²) in [7, 11) is 0. The zero-order chi connectivity index (χ0) is 22.1. The van der Waals surface area contributed by atoms with E-state index in [1.54, 1.807) is 30.3 Å². The highest BCUT2D eigenvalue weighted by Gasteiger charge is 2.34. The van der Waals surface area contributed by atoms with Crippen molar-refractivity contribution >= 4 is 46.0 Å². The minimum absolute atomic E-state index is 0.106. The van der Waals surface area contributed by atoms with E-state index in [0.29, 0.717) is 15.0 Å². The summed E-state index contributed by atoms with van der Waals surface area (Å²) in [6.07, 6.45) is 2.92. The Morgan fingerprint density at radius 3 is 2.35 bits per heavy atom. The number of aromatic nitrogens is 2. The molecule has 3 aromatic rings. The van der Waals surface area contributed by atoms with Crippen LogP contribution in [0.1, 0.15) is 17.0 Å². The molecule has 0 radical (unpaired) electrons. The van der Waals surface area contributed by atoms with Gasteiger partial charge in [-0.15, -0.1) is 0 Å². The number of carbonyl (C=O) groups excluding carboxylic acids is 1. The van der Waals surface area contributed by atoms with Crippen LogP contribution in [0.5, 0.6) is 11.6 Å². The number of amides is 1. The Morgan fingerprint density at radius 2 is 1.77 bits per heavy atom. The van der Waals surface area contributed by atoms with E-state index in [4.69, 9.17) is 17.0 Å². The number of benzene rings is 1. The summed E-state index contributed by atoms with van der Waals surface area (Å²) in [6.45, 7) is 3.85. The molecule has 0 bridgehead atoms. The zero-order valence-corrected chi connectivity index (χ0v) is 18.1. The minimum atomic E-state index is -0.521. The van der Waals surface area contributed by atoms with Crippen LogP contribution in [-0.2, 0) is 4.79 Å². The van der Waals surface area contributed by atoms with Crippen molar-refractivity contribution in [3.63, 3.8) is 0 Å². The maximum absolute atomic E-state index is 13.0. The Morgan fingerprint density at radius 1 is 1.10 bits per heavy atom. The Hall–Kier alpha value is -3.50. The predicted octanol–water partition coefficient (Wildman–Crippen LogP) is 4.74. The number of carbonyl (C=O) groups is 1. The van der Waals surface area contributed by atoms with Gasteiger partial charge in [0.1, 0.15) is 11.9 Å². The molecule has 0 saturated carbocycles. The molecular weight excluding hydrogens is 436 g/mol. The fourth-order valence-electron chi connectivity index (χ4n) is 3.05. The van der Waals surface area contributed by atoms with Gasteiger partial charge in [0.25, 0.3) is 11.6 Å². The third kappa shape index (κ3) is 4.21. The maximum Gasteiger partial charge on any atom is 0.287 e. The summed E-state index contributed by atoms with van der Waals surface area (Å²) in [5, 5.41) is 12.2. The van der Waals surface area contributed by atoms with E-state index in [1.165, 1.54) is 28.9 Å². The zero-order valence-electron chi connectivity index (χ0n) is 16.5. The third-order valence-corrected chi connectivity index (χ3v) is 5.82. The largest absolute Gasteiger partial charge is 0.439 e. The van der Waals surface area contributed by atoms with E-state index < -0.39 is 4.92 Å². The first-order valence-electron chi connectivity index (χ1n) is 9.15. The second-order valence-electron chi connectivity index (χ2n) is 6.70. The van der Waals surface area contributed by atoms with Crippen molar-refractivity contribution in [3.05, 3.63) is 86.7 Å². The molecule has 2 aromatic heterocycles. The van der Waals surface area contributed by atoms with Crippen molar-refractivity contribution < 1.29 is 14.5 Å². The van der Waals surface area contributed by atoms with Crippen LogP contribution in [0.25, 0.3) is 6.08 Å². The number of thiocarbonyl (C=S) groups is 1. The van der Waals surface area contributed by atoms with Crippen LogP contribution in [0, 0.1) is 24.0 Å². The lowest BCUT2D eigenvalue weighted by Gasteiger charge is -2.20. The Balaban J connectivity index is 1.50. The number of aryl methyl sites for hydroxylation is 2. The van der Waals surface area contributed by atoms with E-state index in [-0.39, 0.29) is 17.5 Å². The Labute approximate surface area is 187 Å². The van der Waals surface area contributed by atoms with Gasteiger partial charge in [0.05, 0.1) is 9.83 Å². The van der Waals surface area contributed by atoms with Crippen molar-refractivity contribution in [1.29, 1.82) is 0 Å². The molecule has 156 valence electrons. The number of pyridine rings is 1. The molecule has 8 nitrogen and oxygen atoms in total. The van der Waals surface area contributed by atoms with Crippen LogP contribution in [0.3, 0.4) is 0 Å². The molecule has 1 saturated heterocycles. The predicted molar refractivity (Wildman–Crippen MR) is 123 cm³/mol. The molecule has 1 fully saturated rings. The van der Waals surface area contributed by atoms with Crippen LogP contribution in [0.4, 0.5) is 5.69 Å². The Kier molecular flexibility index (Phi) is 5.57. The lowest BCUT2D eigenvalue weighted by Crippen LogP contribution is -2.39. The summed E-state index contributed by atoms with van der Waals surface area (Å²) in [6, 6.07) is 13.7. The fourth-order valence-corrected chi connectivity index (χ4v) is 4.29. The monoisotopic (exact) mass is 452 g/mol. The van der Waals surface area contributed by atoms with E-state index in [2.05, 4.69) is 4.98 Å². The maximum atomic E-state index is 13.0. The van der Waals surface area contributed by atoms with Gasteiger partial charge >= 0.3 is 0 Å². The lowest BCUT2D eigenvalue weighted by molar-refractivity contribution is -0.385. The van der Waals surface area contributed by atoms with Crippen molar-refractivity contribution in [1.82, 2.24) is 9.66 Å². The smallest absolute Gasteiger partial charge is 0.287 e. The molecule has 3 heterocycles. The lowest BCUT2D eigenvalue weighted by atomic mass is 10.2. The first-order chi connectivity index (χ1) is 14.8. The summed E-state index contributed by atoms with van der Waals surface area (Å²) >= 11 is 6.69. The van der Waals surface area contributed by atoms with Crippen molar-refractivity contribution in [3.8, 4) is 11.6 Å². The Bertz CT molecular complexity index is 1200. The summed E-state index contributed by atoms with van der Waals surface area (Å²) in [5.41, 5.74) is 2.56. The highest BCUT2D eigenvalue weighted by atomic mass is 32.2. The highest BCUT2D eigenvalue weighted by Crippen LogP contribution is 2.33. The number of nitro groups is 1. The van der Waals surface area contributed by atoms with Crippen LogP contribution in [0.2, 0.25) is 0 Å². The molecule has 0 spiro atoms. The summed E-state index contributed by atoms with van der Waals surface area (Å²) < 4.78 is 7.90. The topological polar surface area (TPSA) is 90.5 Å². The number of thioether (sulfide) groups is 1. The number of hydrogen-bond donors (Lipinski definition) is 0. The van der Waals surface area contributed by atoms with Gasteiger partial charge in [-0.05, 0) is 62.0 Å². The quantitative estimate of drug-likeness (QED) is 0.239. The number of nitrogens with zero attached hydrogens (tertiary/aromatic N) is 4. The second-order valence-corrected chi connectivity index (χ2v) is 8.38. The molecular formula is C21H16N4O4S2. The average Bonchev–Trinajstić information content (AvgIpc) is 3.21. The van der Waals surface area contributed by atoms with Gasteiger partial charge in [-0.3, -0.25) is 19.6 Å². The molecule has 1 aliphatic heterocycles. The van der Waals surface area contributed by atoms with Gasteiger partial charge in [-0.25, -0.2) is 4.98 Å². The molecule has 0 atom stereocenters. The third-order valence-electron chi connectivity index (χ3n) is 4.54. The minimum Gasteiger partial charge on any atom is -0.439 e. The fraction of sp³-hybridized carbons (Fsp3) is 0.0952. The van der Waals surface area contributed by atoms with Gasteiger partial charge in [-0.1, -0.05) is 23.9 Å². The normalized spacial score (nSPS) is 15.0. The summed E-state index contributed by atoms with van der Waals surface area (Å²) in [5.74, 6) is 0.592. The first-order valence-corrected chi connectivity index (χ1v) is 10.4. The average molecular weight is 453 g/mol.